The Morgan fingerprint density at radius 2 is 1.87 bits per heavy atom. The average Bonchev–Trinajstić information content (AvgIpc) is 2.59. The van der Waals surface area contributed by atoms with Gasteiger partial charge in [-0.3, -0.25) is 4.79 Å². The van der Waals surface area contributed by atoms with Crippen molar-refractivity contribution < 1.29 is 4.79 Å². The van der Waals surface area contributed by atoms with Crippen LogP contribution >= 0.6 is 11.6 Å². The highest BCUT2D eigenvalue weighted by Crippen LogP contribution is 2.10. The zero-order valence-electron chi connectivity index (χ0n) is 13.4. The molecule has 0 unspecified atom stereocenters. The third kappa shape index (κ3) is 5.21. The summed E-state index contributed by atoms with van der Waals surface area (Å²) in [6, 6.07) is 7.36. The molecule has 5 nitrogen and oxygen atoms in total. The molecule has 1 aromatic carbocycles. The van der Waals surface area contributed by atoms with Gasteiger partial charge in [-0.25, -0.2) is 9.97 Å². The van der Waals surface area contributed by atoms with E-state index in [0.29, 0.717) is 23.1 Å². The molecule has 0 radical (unpaired) electrons. The van der Waals surface area contributed by atoms with Crippen LogP contribution < -0.4 is 10.2 Å². The highest BCUT2D eigenvalue weighted by molar-refractivity contribution is 6.30. The molecule has 1 aromatic heterocycles. The maximum atomic E-state index is 12.1. The van der Waals surface area contributed by atoms with Gasteiger partial charge in [0.2, 0.25) is 5.95 Å². The van der Waals surface area contributed by atoms with Crippen molar-refractivity contribution in [3.05, 3.63) is 52.8 Å². The lowest BCUT2D eigenvalue weighted by atomic mass is 10.2. The molecule has 0 atom stereocenters. The first kappa shape index (κ1) is 17.2. The third-order valence-electron chi connectivity index (χ3n) is 3.46. The quantitative estimate of drug-likeness (QED) is 0.845. The van der Waals surface area contributed by atoms with Crippen molar-refractivity contribution in [2.45, 2.75) is 26.3 Å². The minimum Gasteiger partial charge on any atom is -0.348 e. The Balaban J connectivity index is 1.90. The summed E-state index contributed by atoms with van der Waals surface area (Å²) >= 11 is 5.83. The van der Waals surface area contributed by atoms with Gasteiger partial charge in [-0.1, -0.05) is 37.1 Å². The predicted molar refractivity (Wildman–Crippen MR) is 92.8 cm³/mol. The van der Waals surface area contributed by atoms with Crippen molar-refractivity contribution in [3.63, 3.8) is 0 Å². The van der Waals surface area contributed by atoms with Gasteiger partial charge in [0.05, 0.1) is 5.56 Å². The minimum absolute atomic E-state index is 0.192. The standard InChI is InChI=1S/C17H21ClN4O/c1-3-4-9-22(2)17-20-11-14(12-21-17)16(23)19-10-13-5-7-15(18)8-6-13/h5-8,11-12H,3-4,9-10H2,1-2H3,(H,19,23). The van der Waals surface area contributed by atoms with Crippen molar-refractivity contribution >= 4 is 23.5 Å². The molecule has 0 saturated heterocycles. The number of hydrogen-bond donors (Lipinski definition) is 1. The van der Waals surface area contributed by atoms with Crippen LogP contribution in [0.3, 0.4) is 0 Å². The Labute approximate surface area is 141 Å². The Hall–Kier alpha value is -2.14. The largest absolute Gasteiger partial charge is 0.348 e. The Morgan fingerprint density at radius 3 is 2.48 bits per heavy atom. The fraction of sp³-hybridized carbons (Fsp3) is 0.353. The second-order valence-corrected chi connectivity index (χ2v) is 5.79. The average molecular weight is 333 g/mol. The lowest BCUT2D eigenvalue weighted by Gasteiger charge is -2.16. The molecule has 0 saturated carbocycles. The first-order valence-electron chi connectivity index (χ1n) is 7.66. The maximum absolute atomic E-state index is 12.1. The number of aromatic nitrogens is 2. The number of hydrogen-bond acceptors (Lipinski definition) is 4. The SMILES string of the molecule is CCCCN(C)c1ncc(C(=O)NCc2ccc(Cl)cc2)cn1. The molecule has 23 heavy (non-hydrogen) atoms. The van der Waals surface area contributed by atoms with Gasteiger partial charge in [-0.15, -0.1) is 0 Å². The van der Waals surface area contributed by atoms with Crippen LogP contribution in [0, 0.1) is 0 Å². The fourth-order valence-electron chi connectivity index (χ4n) is 2.02. The number of halogens is 1. The van der Waals surface area contributed by atoms with Gasteiger partial charge in [0, 0.05) is 37.6 Å². The molecular formula is C17H21ClN4O. The zero-order valence-corrected chi connectivity index (χ0v) is 14.2. The summed E-state index contributed by atoms with van der Waals surface area (Å²) in [4.78, 5) is 22.6. The zero-order chi connectivity index (χ0) is 16.7. The van der Waals surface area contributed by atoms with Crippen LogP contribution in [0.4, 0.5) is 5.95 Å². The van der Waals surface area contributed by atoms with Crippen LogP contribution in [0.25, 0.3) is 0 Å². The van der Waals surface area contributed by atoms with Crippen molar-refractivity contribution in [1.82, 2.24) is 15.3 Å². The topological polar surface area (TPSA) is 58.1 Å². The Kier molecular flexibility index (Phi) is 6.35. The van der Waals surface area contributed by atoms with Crippen LogP contribution in [0.15, 0.2) is 36.7 Å². The van der Waals surface area contributed by atoms with E-state index in [-0.39, 0.29) is 5.91 Å². The van der Waals surface area contributed by atoms with Gasteiger partial charge >= 0.3 is 0 Å². The molecule has 2 aromatic rings. The molecule has 1 heterocycles. The summed E-state index contributed by atoms with van der Waals surface area (Å²) in [5.41, 5.74) is 1.44. The van der Waals surface area contributed by atoms with E-state index in [0.717, 1.165) is 24.9 Å². The van der Waals surface area contributed by atoms with Gasteiger partial charge in [0.25, 0.3) is 5.91 Å². The van der Waals surface area contributed by atoms with Crippen molar-refractivity contribution in [1.29, 1.82) is 0 Å². The van der Waals surface area contributed by atoms with E-state index in [1.807, 2.05) is 24.1 Å². The molecule has 0 bridgehead atoms. The monoisotopic (exact) mass is 332 g/mol. The Bertz CT molecular complexity index is 628. The smallest absolute Gasteiger partial charge is 0.254 e. The van der Waals surface area contributed by atoms with Crippen LogP contribution in [-0.2, 0) is 6.54 Å². The third-order valence-corrected chi connectivity index (χ3v) is 3.71. The summed E-state index contributed by atoms with van der Waals surface area (Å²) in [5, 5.41) is 3.52. The van der Waals surface area contributed by atoms with Crippen LogP contribution in [0.1, 0.15) is 35.7 Å². The van der Waals surface area contributed by atoms with Gasteiger partial charge in [0.15, 0.2) is 0 Å². The van der Waals surface area contributed by atoms with Gasteiger partial charge in [-0.2, -0.15) is 0 Å². The van der Waals surface area contributed by atoms with Crippen LogP contribution in [-0.4, -0.2) is 29.5 Å². The summed E-state index contributed by atoms with van der Waals surface area (Å²) in [7, 11) is 1.95. The number of carbonyl (C=O) groups is 1. The van der Waals surface area contributed by atoms with E-state index in [2.05, 4.69) is 22.2 Å². The normalized spacial score (nSPS) is 10.4. The number of amides is 1. The van der Waals surface area contributed by atoms with Crippen molar-refractivity contribution in [3.8, 4) is 0 Å². The van der Waals surface area contributed by atoms with Crippen molar-refractivity contribution in [2.75, 3.05) is 18.5 Å². The number of benzene rings is 1. The number of nitrogens with zero attached hydrogens (tertiary/aromatic N) is 3. The molecular weight excluding hydrogens is 312 g/mol. The van der Waals surface area contributed by atoms with E-state index in [9.17, 15) is 4.79 Å². The molecule has 122 valence electrons. The molecule has 1 N–H and O–H groups in total. The lowest BCUT2D eigenvalue weighted by molar-refractivity contribution is 0.0950. The lowest BCUT2D eigenvalue weighted by Crippen LogP contribution is -2.24. The summed E-state index contributed by atoms with van der Waals surface area (Å²) in [6.45, 7) is 3.48. The van der Waals surface area contributed by atoms with Crippen molar-refractivity contribution in [2.24, 2.45) is 0 Å². The first-order valence-corrected chi connectivity index (χ1v) is 8.03. The predicted octanol–water partition coefficient (Wildman–Crippen LogP) is 3.30. The molecule has 2 rings (SSSR count). The summed E-state index contributed by atoms with van der Waals surface area (Å²) in [5.74, 6) is 0.440. The van der Waals surface area contributed by atoms with Gasteiger partial charge in [0.1, 0.15) is 0 Å². The minimum atomic E-state index is -0.192. The van der Waals surface area contributed by atoms with Crippen LogP contribution in [0.5, 0.6) is 0 Å². The molecule has 0 aliphatic rings. The van der Waals surface area contributed by atoms with Crippen LogP contribution in [0.2, 0.25) is 5.02 Å². The van der Waals surface area contributed by atoms with E-state index >= 15 is 0 Å². The van der Waals surface area contributed by atoms with E-state index in [4.69, 9.17) is 11.6 Å². The number of carbonyl (C=O) groups excluding carboxylic acids is 1. The van der Waals surface area contributed by atoms with Gasteiger partial charge in [-0.05, 0) is 24.1 Å². The number of unbranched alkanes of at least 4 members (excludes halogenated alkanes) is 1. The van der Waals surface area contributed by atoms with E-state index < -0.39 is 0 Å². The maximum Gasteiger partial charge on any atom is 0.254 e. The van der Waals surface area contributed by atoms with E-state index in [1.54, 1.807) is 24.5 Å². The van der Waals surface area contributed by atoms with Gasteiger partial charge < -0.3 is 10.2 Å². The number of anilines is 1. The highest BCUT2D eigenvalue weighted by Gasteiger charge is 2.09. The molecule has 0 spiro atoms. The second kappa shape index (κ2) is 8.48. The Morgan fingerprint density at radius 1 is 1.22 bits per heavy atom. The molecule has 6 heteroatoms. The fourth-order valence-corrected chi connectivity index (χ4v) is 2.14. The molecule has 0 aliphatic carbocycles. The second-order valence-electron chi connectivity index (χ2n) is 5.36. The highest BCUT2D eigenvalue weighted by atomic mass is 35.5. The molecule has 0 fully saturated rings. The summed E-state index contributed by atoms with van der Waals surface area (Å²) < 4.78 is 0. The molecule has 1 amide bonds. The number of nitrogens with one attached hydrogen (secondary N) is 1. The number of rotatable bonds is 7. The summed E-state index contributed by atoms with van der Waals surface area (Å²) in [6.07, 6.45) is 5.32. The molecule has 0 aliphatic heterocycles. The van der Waals surface area contributed by atoms with E-state index in [1.165, 1.54) is 0 Å². The first-order chi connectivity index (χ1) is 11.1.